The van der Waals surface area contributed by atoms with Crippen LogP contribution in [0.1, 0.15) is 33.1 Å². The first-order chi connectivity index (χ1) is 12.7. The number of hydrogen-bond donors (Lipinski definition) is 4. The molecule has 0 aromatic carbocycles. The Balaban J connectivity index is 2.09. The molecule has 9 heteroatoms. The largest absolute Gasteiger partial charge is 0.388 e. The average molecular weight is 425 g/mol. The number of thioether (sulfide) groups is 1. The second kappa shape index (κ2) is 10.1. The van der Waals surface area contributed by atoms with Crippen molar-refractivity contribution in [3.63, 3.8) is 0 Å². The first-order valence-corrected chi connectivity index (χ1v) is 11.3. The summed E-state index contributed by atoms with van der Waals surface area (Å²) in [6, 6.07) is -0.934. The number of aliphatic hydroxyl groups is 3. The van der Waals surface area contributed by atoms with E-state index < -0.39 is 41.3 Å². The number of amides is 1. The van der Waals surface area contributed by atoms with Crippen LogP contribution in [0.4, 0.5) is 0 Å². The second-order valence-corrected chi connectivity index (χ2v) is 9.36. The van der Waals surface area contributed by atoms with Crippen LogP contribution in [0.5, 0.6) is 0 Å². The van der Waals surface area contributed by atoms with Crippen molar-refractivity contribution in [2.45, 2.75) is 80.4 Å². The minimum Gasteiger partial charge on any atom is -0.388 e. The fourth-order valence-electron chi connectivity index (χ4n) is 4.11. The summed E-state index contributed by atoms with van der Waals surface area (Å²) in [6.45, 7) is 4.74. The fraction of sp³-hybridized carbons (Fsp3) is 0.944. The summed E-state index contributed by atoms with van der Waals surface area (Å²) < 4.78 is 5.79. The van der Waals surface area contributed by atoms with Gasteiger partial charge in [-0.05, 0) is 39.0 Å². The maximum absolute atomic E-state index is 12.9. The van der Waals surface area contributed by atoms with Crippen LogP contribution in [0.25, 0.3) is 0 Å². The summed E-state index contributed by atoms with van der Waals surface area (Å²) in [5.41, 5.74) is -0.702. The van der Waals surface area contributed by atoms with Gasteiger partial charge in [-0.2, -0.15) is 0 Å². The standard InChI is InChI=1S/C18H33ClN2O5S/c1-5-6-10-7-11(21(3)8-10)17(25)20-12(9(2)19)16-14(23)13(22)15(24)18(26-16)27-4/h9-16,18,22-24H,5-8H2,1-4H3,(H,20,25)/t9?,10-,11+,12+,13-,14+,15+,16?,18+/m0/s1. The van der Waals surface area contributed by atoms with E-state index in [2.05, 4.69) is 12.2 Å². The van der Waals surface area contributed by atoms with Crippen molar-refractivity contribution < 1.29 is 24.9 Å². The third-order valence-electron chi connectivity index (χ3n) is 5.63. The lowest BCUT2D eigenvalue weighted by atomic mass is 9.92. The predicted octanol–water partition coefficient (Wildman–Crippen LogP) is 0.390. The summed E-state index contributed by atoms with van der Waals surface area (Å²) in [5.74, 6) is 0.350. The minimum atomic E-state index is -1.36. The van der Waals surface area contributed by atoms with Crippen molar-refractivity contribution in [2.24, 2.45) is 5.92 Å². The molecular formula is C18H33ClN2O5S. The Hall–Kier alpha value is -0.0900. The Labute approximate surface area is 170 Å². The Bertz CT molecular complexity index is 498. The van der Waals surface area contributed by atoms with Crippen molar-refractivity contribution >= 4 is 29.3 Å². The minimum absolute atomic E-state index is 0.147. The Morgan fingerprint density at radius 2 is 2.00 bits per heavy atom. The summed E-state index contributed by atoms with van der Waals surface area (Å²) >= 11 is 7.55. The van der Waals surface area contributed by atoms with Crippen molar-refractivity contribution in [2.75, 3.05) is 19.8 Å². The first kappa shape index (κ1) is 23.2. The van der Waals surface area contributed by atoms with E-state index in [0.29, 0.717) is 5.92 Å². The SMILES string of the molecule is CCC[C@H]1C[C@H](C(=O)N[C@H](C(C)Cl)C2O[C@H](SC)[C@H](O)[C@@H](O)[C@H]2O)N(C)C1. The number of likely N-dealkylation sites (N-methyl/N-ethyl adjacent to an activating group) is 1. The molecular weight excluding hydrogens is 392 g/mol. The number of halogens is 1. The Morgan fingerprint density at radius 3 is 2.56 bits per heavy atom. The second-order valence-electron chi connectivity index (χ2n) is 7.73. The molecule has 0 aliphatic carbocycles. The molecule has 0 radical (unpaired) electrons. The van der Waals surface area contributed by atoms with Crippen LogP contribution < -0.4 is 5.32 Å². The summed E-state index contributed by atoms with van der Waals surface area (Å²) in [7, 11) is 1.94. The van der Waals surface area contributed by atoms with Crippen LogP contribution in [0.15, 0.2) is 0 Å². The number of rotatable bonds is 7. The normalized spacial score (nSPS) is 39.9. The maximum atomic E-state index is 12.9. The number of aliphatic hydroxyl groups excluding tert-OH is 3. The van der Waals surface area contributed by atoms with Gasteiger partial charge < -0.3 is 25.4 Å². The number of ether oxygens (including phenoxy) is 1. The van der Waals surface area contributed by atoms with Crippen LogP contribution in [0, 0.1) is 5.92 Å². The zero-order valence-corrected chi connectivity index (χ0v) is 18.0. The zero-order valence-electron chi connectivity index (χ0n) is 16.4. The molecule has 0 aromatic heterocycles. The van der Waals surface area contributed by atoms with Gasteiger partial charge in [0.05, 0.1) is 17.5 Å². The monoisotopic (exact) mass is 424 g/mol. The van der Waals surface area contributed by atoms with Gasteiger partial charge in [-0.3, -0.25) is 9.69 Å². The van der Waals surface area contributed by atoms with E-state index in [1.165, 1.54) is 11.8 Å². The Morgan fingerprint density at radius 1 is 1.33 bits per heavy atom. The highest BCUT2D eigenvalue weighted by Crippen LogP contribution is 2.31. The molecule has 2 saturated heterocycles. The van der Waals surface area contributed by atoms with Crippen molar-refractivity contribution in [3.8, 4) is 0 Å². The highest BCUT2D eigenvalue weighted by Gasteiger charge is 2.48. The number of nitrogens with zero attached hydrogens (tertiary/aromatic N) is 1. The molecule has 0 aromatic rings. The lowest BCUT2D eigenvalue weighted by Crippen LogP contribution is -2.65. The van der Waals surface area contributed by atoms with Gasteiger partial charge in [0.15, 0.2) is 0 Å². The molecule has 0 spiro atoms. The van der Waals surface area contributed by atoms with Gasteiger partial charge in [0, 0.05) is 6.54 Å². The Kier molecular flexibility index (Phi) is 8.67. The molecule has 2 rings (SSSR count). The number of nitrogens with one attached hydrogen (secondary N) is 1. The molecule has 158 valence electrons. The van der Waals surface area contributed by atoms with Crippen molar-refractivity contribution in [1.29, 1.82) is 0 Å². The summed E-state index contributed by atoms with van der Waals surface area (Å²) in [6.07, 6.45) is -0.0980. The molecule has 2 aliphatic heterocycles. The maximum Gasteiger partial charge on any atom is 0.237 e. The van der Waals surface area contributed by atoms with Crippen LogP contribution >= 0.6 is 23.4 Å². The number of alkyl halides is 1. The molecule has 27 heavy (non-hydrogen) atoms. The molecule has 2 aliphatic rings. The number of carbonyl (C=O) groups excluding carboxylic acids is 1. The summed E-state index contributed by atoms with van der Waals surface area (Å²) in [5, 5.41) is 33.0. The predicted molar refractivity (Wildman–Crippen MR) is 107 cm³/mol. The lowest BCUT2D eigenvalue weighted by Gasteiger charge is -2.44. The van der Waals surface area contributed by atoms with E-state index in [-0.39, 0.29) is 11.9 Å². The van der Waals surface area contributed by atoms with E-state index in [0.717, 1.165) is 25.8 Å². The molecule has 2 unspecified atom stereocenters. The van der Waals surface area contributed by atoms with Gasteiger partial charge in [-0.1, -0.05) is 13.3 Å². The van der Waals surface area contributed by atoms with Gasteiger partial charge in [-0.25, -0.2) is 0 Å². The molecule has 7 nitrogen and oxygen atoms in total. The van der Waals surface area contributed by atoms with Crippen molar-refractivity contribution in [1.82, 2.24) is 10.2 Å². The van der Waals surface area contributed by atoms with E-state index >= 15 is 0 Å². The van der Waals surface area contributed by atoms with Gasteiger partial charge in [0.25, 0.3) is 0 Å². The zero-order chi connectivity index (χ0) is 20.3. The third kappa shape index (κ3) is 5.29. The van der Waals surface area contributed by atoms with E-state index in [4.69, 9.17) is 16.3 Å². The third-order valence-corrected chi connectivity index (χ3v) is 6.76. The molecule has 1 amide bonds. The number of hydrogen-bond acceptors (Lipinski definition) is 7. The lowest BCUT2D eigenvalue weighted by molar-refractivity contribution is -0.205. The van der Waals surface area contributed by atoms with Crippen molar-refractivity contribution in [3.05, 3.63) is 0 Å². The van der Waals surface area contributed by atoms with Crippen LogP contribution in [0.2, 0.25) is 0 Å². The highest BCUT2D eigenvalue weighted by atomic mass is 35.5. The molecule has 2 heterocycles. The van der Waals surface area contributed by atoms with E-state index in [1.54, 1.807) is 13.2 Å². The smallest absolute Gasteiger partial charge is 0.237 e. The van der Waals surface area contributed by atoms with Gasteiger partial charge in [0.1, 0.15) is 29.9 Å². The van der Waals surface area contributed by atoms with Gasteiger partial charge in [-0.15, -0.1) is 23.4 Å². The van der Waals surface area contributed by atoms with E-state index in [1.807, 2.05) is 11.9 Å². The van der Waals surface area contributed by atoms with Crippen LogP contribution in [0.3, 0.4) is 0 Å². The molecule has 9 atom stereocenters. The molecule has 2 fully saturated rings. The van der Waals surface area contributed by atoms with Gasteiger partial charge >= 0.3 is 0 Å². The quantitative estimate of drug-likeness (QED) is 0.438. The number of likely N-dealkylation sites (tertiary alicyclic amines) is 1. The molecule has 0 saturated carbocycles. The highest BCUT2D eigenvalue weighted by molar-refractivity contribution is 7.99. The van der Waals surface area contributed by atoms with Crippen LogP contribution in [-0.2, 0) is 9.53 Å². The van der Waals surface area contributed by atoms with E-state index in [9.17, 15) is 20.1 Å². The molecule has 0 bridgehead atoms. The number of carbonyl (C=O) groups is 1. The average Bonchev–Trinajstić information content (AvgIpc) is 2.99. The van der Waals surface area contributed by atoms with Gasteiger partial charge in [0.2, 0.25) is 5.91 Å². The summed E-state index contributed by atoms with van der Waals surface area (Å²) in [4.78, 5) is 14.9. The first-order valence-electron chi connectivity index (χ1n) is 9.58. The topological polar surface area (TPSA) is 102 Å². The fourth-order valence-corrected chi connectivity index (χ4v) is 5.00. The molecule has 4 N–H and O–H groups in total. The van der Waals surface area contributed by atoms with Crippen LogP contribution in [-0.4, -0.2) is 93.3 Å².